The normalized spacial score (nSPS) is 16.5. The number of aromatic nitrogens is 2. The molecule has 0 aliphatic heterocycles. The van der Waals surface area contributed by atoms with Crippen molar-refractivity contribution in [2.75, 3.05) is 17.2 Å². The van der Waals surface area contributed by atoms with Crippen molar-refractivity contribution < 1.29 is 4.79 Å². The van der Waals surface area contributed by atoms with E-state index in [9.17, 15) is 14.4 Å². The molecule has 2 aliphatic rings. The smallest absolute Gasteiger partial charge is 0.330 e. The lowest BCUT2D eigenvalue weighted by Crippen LogP contribution is -2.42. The van der Waals surface area contributed by atoms with E-state index >= 15 is 0 Å². The van der Waals surface area contributed by atoms with Gasteiger partial charge in [0.05, 0.1) is 0 Å². The molecule has 0 saturated heterocycles. The fourth-order valence-electron chi connectivity index (χ4n) is 4.13. The maximum Gasteiger partial charge on any atom is 0.330 e. The fraction of sp³-hybridized carbons (Fsp3) is 0.762. The molecule has 2 saturated carbocycles. The highest BCUT2D eigenvalue weighted by Gasteiger charge is 2.43. The Hall–Kier alpha value is -2.05. The summed E-state index contributed by atoms with van der Waals surface area (Å²) in [5.41, 5.74) is 5.35. The average molecular weight is 391 g/mol. The van der Waals surface area contributed by atoms with Crippen molar-refractivity contribution in [3.63, 3.8) is 0 Å². The number of anilines is 2. The lowest BCUT2D eigenvalue weighted by atomic mass is 9.93. The monoisotopic (exact) mass is 390 g/mol. The molecule has 0 atom stereocenters. The highest BCUT2D eigenvalue weighted by molar-refractivity contribution is 5.95. The number of carbonyl (C=O) groups excluding carboxylic acids is 1. The van der Waals surface area contributed by atoms with E-state index in [0.717, 1.165) is 25.7 Å². The minimum atomic E-state index is -0.561. The van der Waals surface area contributed by atoms with Crippen molar-refractivity contribution in [1.82, 2.24) is 9.55 Å². The van der Waals surface area contributed by atoms with Gasteiger partial charge in [-0.1, -0.05) is 26.7 Å². The molecule has 2 fully saturated rings. The van der Waals surface area contributed by atoms with Gasteiger partial charge in [-0.05, 0) is 56.3 Å². The second kappa shape index (κ2) is 8.97. The molecule has 7 heteroatoms. The van der Waals surface area contributed by atoms with Crippen molar-refractivity contribution in [2.45, 2.75) is 78.2 Å². The number of nitrogens with one attached hydrogen (secondary N) is 1. The van der Waals surface area contributed by atoms with Crippen molar-refractivity contribution in [3.05, 3.63) is 20.8 Å². The molecule has 0 aromatic carbocycles. The summed E-state index contributed by atoms with van der Waals surface area (Å²) in [6.45, 7) is 4.97. The summed E-state index contributed by atoms with van der Waals surface area (Å²) >= 11 is 0. The van der Waals surface area contributed by atoms with Crippen molar-refractivity contribution in [2.24, 2.45) is 17.8 Å². The summed E-state index contributed by atoms with van der Waals surface area (Å²) in [4.78, 5) is 42.0. The molecule has 1 heterocycles. The third-order valence-electron chi connectivity index (χ3n) is 6.12. The molecule has 1 amide bonds. The fourth-order valence-corrected chi connectivity index (χ4v) is 4.13. The molecule has 3 N–H and O–H groups in total. The maximum absolute atomic E-state index is 13.3. The van der Waals surface area contributed by atoms with E-state index in [0.29, 0.717) is 37.3 Å². The molecular formula is C21H34N4O3. The Bertz CT molecular complexity index is 793. The Morgan fingerprint density at radius 1 is 1.14 bits per heavy atom. The van der Waals surface area contributed by atoms with Crippen LogP contribution in [0.2, 0.25) is 0 Å². The van der Waals surface area contributed by atoms with Gasteiger partial charge in [-0.3, -0.25) is 19.1 Å². The van der Waals surface area contributed by atoms with Crippen LogP contribution in [0.15, 0.2) is 9.59 Å². The van der Waals surface area contributed by atoms with Gasteiger partial charge in [-0.25, -0.2) is 4.79 Å². The van der Waals surface area contributed by atoms with Gasteiger partial charge in [-0.15, -0.1) is 0 Å². The molecule has 0 bridgehead atoms. The second-order valence-corrected chi connectivity index (χ2v) is 8.44. The van der Waals surface area contributed by atoms with E-state index in [1.807, 2.05) is 6.92 Å². The van der Waals surface area contributed by atoms with E-state index in [2.05, 4.69) is 11.9 Å². The first-order valence-corrected chi connectivity index (χ1v) is 10.9. The molecule has 0 radical (unpaired) electrons. The van der Waals surface area contributed by atoms with E-state index in [-0.39, 0.29) is 17.4 Å². The van der Waals surface area contributed by atoms with E-state index in [1.54, 1.807) is 4.90 Å². The standard InChI is InChI=1S/C21H34N4O3/c1-3-5-11-24(17(26)13-16(14-7-8-14)15-9-10-15)18-19(22)25(12-6-4-2)21(28)23-20(18)27/h14-16H,3-13,22H2,1-2H3,(H,23,27,28). The lowest BCUT2D eigenvalue weighted by molar-refractivity contribution is -0.119. The number of hydrogen-bond acceptors (Lipinski definition) is 4. The third kappa shape index (κ3) is 4.67. The average Bonchev–Trinajstić information content (AvgIpc) is 3.55. The topological polar surface area (TPSA) is 101 Å². The van der Waals surface area contributed by atoms with Gasteiger partial charge in [0.1, 0.15) is 5.82 Å². The quantitative estimate of drug-likeness (QED) is 0.606. The molecule has 0 unspecified atom stereocenters. The number of nitrogen functional groups attached to an aromatic ring is 1. The number of nitrogens with zero attached hydrogens (tertiary/aromatic N) is 2. The Kier molecular flexibility index (Phi) is 6.62. The van der Waals surface area contributed by atoms with Gasteiger partial charge in [-0.2, -0.15) is 0 Å². The van der Waals surface area contributed by atoms with Crippen LogP contribution in [-0.4, -0.2) is 22.0 Å². The summed E-state index contributed by atoms with van der Waals surface area (Å²) < 4.78 is 1.39. The summed E-state index contributed by atoms with van der Waals surface area (Å²) in [5.74, 6) is 1.84. The van der Waals surface area contributed by atoms with Gasteiger partial charge in [0.15, 0.2) is 5.69 Å². The van der Waals surface area contributed by atoms with Gasteiger partial charge < -0.3 is 10.6 Å². The second-order valence-electron chi connectivity index (χ2n) is 8.44. The number of hydrogen-bond donors (Lipinski definition) is 2. The number of amides is 1. The molecule has 3 rings (SSSR count). The molecule has 1 aromatic rings. The van der Waals surface area contributed by atoms with Crippen LogP contribution in [0, 0.1) is 17.8 Å². The first-order chi connectivity index (χ1) is 13.5. The van der Waals surface area contributed by atoms with Crippen molar-refractivity contribution in [3.8, 4) is 0 Å². The zero-order valence-corrected chi connectivity index (χ0v) is 17.2. The van der Waals surface area contributed by atoms with E-state index < -0.39 is 11.2 Å². The minimum Gasteiger partial charge on any atom is -0.383 e. The predicted molar refractivity (Wildman–Crippen MR) is 111 cm³/mol. The van der Waals surface area contributed by atoms with Gasteiger partial charge in [0.25, 0.3) is 5.56 Å². The largest absolute Gasteiger partial charge is 0.383 e. The Labute approximate surface area is 166 Å². The number of H-pyrrole nitrogens is 1. The third-order valence-corrected chi connectivity index (χ3v) is 6.12. The number of carbonyl (C=O) groups is 1. The zero-order valence-electron chi connectivity index (χ0n) is 17.2. The van der Waals surface area contributed by atoms with Crippen LogP contribution in [0.3, 0.4) is 0 Å². The molecule has 28 heavy (non-hydrogen) atoms. The van der Waals surface area contributed by atoms with Crippen LogP contribution < -0.4 is 21.9 Å². The minimum absolute atomic E-state index is 0.0323. The lowest BCUT2D eigenvalue weighted by Gasteiger charge is -2.26. The molecule has 2 aliphatic carbocycles. The van der Waals surface area contributed by atoms with Crippen LogP contribution in [0.4, 0.5) is 11.5 Å². The van der Waals surface area contributed by atoms with Crippen molar-refractivity contribution >= 4 is 17.4 Å². The SMILES string of the molecule is CCCCN(C(=O)CC(C1CC1)C1CC1)c1c(N)n(CCCC)c(=O)[nH]c1=O. The Balaban J connectivity index is 1.90. The molecule has 1 aromatic heterocycles. The summed E-state index contributed by atoms with van der Waals surface area (Å²) in [5, 5.41) is 0. The first-order valence-electron chi connectivity index (χ1n) is 10.9. The van der Waals surface area contributed by atoms with Crippen LogP contribution in [-0.2, 0) is 11.3 Å². The molecular weight excluding hydrogens is 356 g/mol. The van der Waals surface area contributed by atoms with Crippen LogP contribution in [0.1, 0.15) is 71.6 Å². The summed E-state index contributed by atoms with van der Waals surface area (Å²) in [6.07, 6.45) is 8.73. The van der Waals surface area contributed by atoms with Crippen LogP contribution >= 0.6 is 0 Å². The first kappa shape index (κ1) is 20.7. The van der Waals surface area contributed by atoms with E-state index in [4.69, 9.17) is 5.73 Å². The maximum atomic E-state index is 13.3. The highest BCUT2D eigenvalue weighted by atomic mass is 16.2. The van der Waals surface area contributed by atoms with Gasteiger partial charge in [0.2, 0.25) is 5.91 Å². The number of aromatic amines is 1. The van der Waals surface area contributed by atoms with Gasteiger partial charge in [0, 0.05) is 19.5 Å². The van der Waals surface area contributed by atoms with E-state index in [1.165, 1.54) is 30.3 Å². The Morgan fingerprint density at radius 2 is 1.75 bits per heavy atom. The summed E-state index contributed by atoms with van der Waals surface area (Å²) in [7, 11) is 0. The number of rotatable bonds is 11. The highest BCUT2D eigenvalue weighted by Crippen LogP contribution is 2.50. The number of nitrogens with two attached hydrogens (primary N) is 1. The van der Waals surface area contributed by atoms with Crippen LogP contribution in [0.5, 0.6) is 0 Å². The van der Waals surface area contributed by atoms with Crippen molar-refractivity contribution in [1.29, 1.82) is 0 Å². The molecule has 7 nitrogen and oxygen atoms in total. The molecule has 156 valence electrons. The predicted octanol–water partition coefficient (Wildman–Crippen LogP) is 2.88. The zero-order chi connectivity index (χ0) is 20.3. The number of unbranched alkanes of at least 4 members (excludes halogenated alkanes) is 2. The van der Waals surface area contributed by atoms with Crippen LogP contribution in [0.25, 0.3) is 0 Å². The Morgan fingerprint density at radius 3 is 2.29 bits per heavy atom. The van der Waals surface area contributed by atoms with Gasteiger partial charge >= 0.3 is 5.69 Å². The summed E-state index contributed by atoms with van der Waals surface area (Å²) in [6, 6.07) is 0. The molecule has 0 spiro atoms.